The molecule has 0 aliphatic carbocycles. The molecule has 21 heavy (non-hydrogen) atoms. The lowest BCUT2D eigenvalue weighted by Gasteiger charge is -2.19. The molecule has 0 radical (unpaired) electrons. The van der Waals surface area contributed by atoms with E-state index in [1.54, 1.807) is 0 Å². The molecule has 6 heteroatoms. The Labute approximate surface area is 138 Å². The number of nitrogens with one attached hydrogen (secondary N) is 1. The van der Waals surface area contributed by atoms with Gasteiger partial charge in [-0.25, -0.2) is 0 Å². The van der Waals surface area contributed by atoms with Gasteiger partial charge in [-0.3, -0.25) is 4.79 Å². The molecule has 0 spiro atoms. The van der Waals surface area contributed by atoms with Crippen LogP contribution in [0.2, 0.25) is 15.1 Å². The second-order valence-corrected chi connectivity index (χ2v) is 5.71. The van der Waals surface area contributed by atoms with E-state index in [9.17, 15) is 4.79 Å². The molecule has 1 amide bonds. The predicted octanol–water partition coefficient (Wildman–Crippen LogP) is 4.72. The molecule has 0 aliphatic heterocycles. The number of hydrogen-bond donors (Lipinski definition) is 1. The Morgan fingerprint density at radius 2 is 1.67 bits per heavy atom. The first-order valence-electron chi connectivity index (χ1n) is 6.18. The molecule has 0 saturated heterocycles. The van der Waals surface area contributed by atoms with Gasteiger partial charge in [0, 0.05) is 12.7 Å². The number of rotatable bonds is 4. The smallest absolute Gasteiger partial charge is 0.243 e. The van der Waals surface area contributed by atoms with Gasteiger partial charge in [0.1, 0.15) is 0 Å². The largest absolute Gasteiger partial charge is 0.365 e. The van der Waals surface area contributed by atoms with E-state index in [1.807, 2.05) is 42.3 Å². The molecular formula is C15H13Cl3N2O. The van der Waals surface area contributed by atoms with Crippen LogP contribution >= 0.6 is 34.8 Å². The quantitative estimate of drug-likeness (QED) is 0.815. The minimum absolute atomic E-state index is 0.193. The van der Waals surface area contributed by atoms with Crippen LogP contribution in [0.4, 0.5) is 11.4 Å². The van der Waals surface area contributed by atoms with E-state index in [0.717, 1.165) is 5.69 Å². The highest BCUT2D eigenvalue weighted by Gasteiger charge is 2.11. The van der Waals surface area contributed by atoms with Gasteiger partial charge in [0.25, 0.3) is 0 Å². The van der Waals surface area contributed by atoms with Gasteiger partial charge in [-0.05, 0) is 24.3 Å². The molecule has 0 aromatic heterocycles. The van der Waals surface area contributed by atoms with E-state index in [0.29, 0.717) is 20.8 Å². The SMILES string of the molecule is CN(CC(=O)Nc1cc(Cl)c(Cl)cc1Cl)c1ccccc1. The lowest BCUT2D eigenvalue weighted by molar-refractivity contribution is -0.114. The van der Waals surface area contributed by atoms with Crippen molar-refractivity contribution >= 4 is 52.1 Å². The Bertz CT molecular complexity index is 647. The summed E-state index contributed by atoms with van der Waals surface area (Å²) in [6, 6.07) is 12.7. The van der Waals surface area contributed by atoms with Crippen LogP contribution in [0.5, 0.6) is 0 Å². The second kappa shape index (κ2) is 7.03. The van der Waals surface area contributed by atoms with E-state index < -0.39 is 0 Å². The highest BCUT2D eigenvalue weighted by molar-refractivity contribution is 6.44. The van der Waals surface area contributed by atoms with E-state index >= 15 is 0 Å². The average Bonchev–Trinajstić information content (AvgIpc) is 2.45. The average molecular weight is 344 g/mol. The first-order valence-corrected chi connectivity index (χ1v) is 7.31. The second-order valence-electron chi connectivity index (χ2n) is 4.49. The Morgan fingerprint density at radius 1 is 1.05 bits per heavy atom. The summed E-state index contributed by atoms with van der Waals surface area (Å²) in [5, 5.41) is 3.76. The van der Waals surface area contributed by atoms with Crippen molar-refractivity contribution < 1.29 is 4.79 Å². The summed E-state index contributed by atoms with van der Waals surface area (Å²) < 4.78 is 0. The maximum absolute atomic E-state index is 12.1. The molecule has 0 atom stereocenters. The maximum atomic E-state index is 12.1. The van der Waals surface area contributed by atoms with Gasteiger partial charge in [-0.1, -0.05) is 53.0 Å². The number of anilines is 2. The summed E-state index contributed by atoms with van der Waals surface area (Å²) in [5.41, 5.74) is 1.39. The number of nitrogens with zero attached hydrogens (tertiary/aromatic N) is 1. The Balaban J connectivity index is 2.04. The molecule has 2 rings (SSSR count). The Kier molecular flexibility index (Phi) is 5.34. The third-order valence-corrected chi connectivity index (χ3v) is 3.90. The minimum Gasteiger partial charge on any atom is -0.365 e. The molecule has 3 nitrogen and oxygen atoms in total. The zero-order valence-corrected chi connectivity index (χ0v) is 13.5. The number of carbonyl (C=O) groups is 1. The van der Waals surface area contributed by atoms with Gasteiger partial charge in [0.15, 0.2) is 0 Å². The number of benzene rings is 2. The molecule has 0 unspecified atom stereocenters. The van der Waals surface area contributed by atoms with Gasteiger partial charge in [0.2, 0.25) is 5.91 Å². The Hall–Kier alpha value is -1.42. The van der Waals surface area contributed by atoms with Gasteiger partial charge >= 0.3 is 0 Å². The summed E-state index contributed by atoms with van der Waals surface area (Å²) >= 11 is 17.8. The van der Waals surface area contributed by atoms with Gasteiger partial charge in [-0.2, -0.15) is 0 Å². The standard InChI is InChI=1S/C15H13Cl3N2O/c1-20(10-5-3-2-4-6-10)9-15(21)19-14-8-12(17)11(16)7-13(14)18/h2-8H,9H2,1H3,(H,19,21). The third-order valence-electron chi connectivity index (χ3n) is 2.86. The molecule has 0 fully saturated rings. The van der Waals surface area contributed by atoms with Crippen LogP contribution in [0, 0.1) is 0 Å². The number of amides is 1. The minimum atomic E-state index is -0.193. The highest BCUT2D eigenvalue weighted by atomic mass is 35.5. The molecule has 0 saturated carbocycles. The molecular weight excluding hydrogens is 331 g/mol. The van der Waals surface area contributed by atoms with Crippen molar-refractivity contribution in [3.63, 3.8) is 0 Å². The summed E-state index contributed by atoms with van der Waals surface area (Å²) in [5.74, 6) is -0.193. The molecule has 0 bridgehead atoms. The van der Waals surface area contributed by atoms with E-state index in [2.05, 4.69) is 5.32 Å². The monoisotopic (exact) mass is 342 g/mol. The first-order chi connectivity index (χ1) is 9.97. The molecule has 0 aliphatic rings. The number of carbonyl (C=O) groups excluding carboxylic acids is 1. The lowest BCUT2D eigenvalue weighted by Crippen LogP contribution is -2.30. The molecule has 110 valence electrons. The summed E-state index contributed by atoms with van der Waals surface area (Å²) in [6.07, 6.45) is 0. The molecule has 2 aromatic carbocycles. The summed E-state index contributed by atoms with van der Waals surface area (Å²) in [6.45, 7) is 0.195. The summed E-state index contributed by atoms with van der Waals surface area (Å²) in [7, 11) is 1.84. The number of likely N-dealkylation sites (N-methyl/N-ethyl adjacent to an activating group) is 1. The first kappa shape index (κ1) is 16.0. The number of hydrogen-bond acceptors (Lipinski definition) is 2. The third kappa shape index (κ3) is 4.27. The van der Waals surface area contributed by atoms with Crippen LogP contribution in [0.15, 0.2) is 42.5 Å². The van der Waals surface area contributed by atoms with Crippen LogP contribution < -0.4 is 10.2 Å². The zero-order valence-electron chi connectivity index (χ0n) is 11.2. The van der Waals surface area contributed by atoms with Gasteiger partial charge in [-0.15, -0.1) is 0 Å². The van der Waals surface area contributed by atoms with Crippen molar-refractivity contribution in [2.24, 2.45) is 0 Å². The molecule has 1 N–H and O–H groups in total. The van der Waals surface area contributed by atoms with Crippen molar-refractivity contribution in [3.05, 3.63) is 57.5 Å². The fourth-order valence-corrected chi connectivity index (χ4v) is 2.39. The van der Waals surface area contributed by atoms with Crippen molar-refractivity contribution in [3.8, 4) is 0 Å². The van der Waals surface area contributed by atoms with E-state index in [1.165, 1.54) is 12.1 Å². The molecule has 0 heterocycles. The van der Waals surface area contributed by atoms with E-state index in [4.69, 9.17) is 34.8 Å². The van der Waals surface area contributed by atoms with Gasteiger partial charge in [0.05, 0.1) is 27.3 Å². The van der Waals surface area contributed by atoms with Gasteiger partial charge < -0.3 is 10.2 Å². The normalized spacial score (nSPS) is 10.3. The molecule has 2 aromatic rings. The van der Waals surface area contributed by atoms with E-state index in [-0.39, 0.29) is 12.5 Å². The fourth-order valence-electron chi connectivity index (χ4n) is 1.80. The van der Waals surface area contributed by atoms with Crippen LogP contribution in [0.3, 0.4) is 0 Å². The summed E-state index contributed by atoms with van der Waals surface area (Å²) in [4.78, 5) is 13.9. The van der Waals surface area contributed by atoms with Crippen LogP contribution in [-0.2, 0) is 4.79 Å². The lowest BCUT2D eigenvalue weighted by atomic mass is 10.3. The topological polar surface area (TPSA) is 32.3 Å². The van der Waals surface area contributed by atoms with Crippen molar-refractivity contribution in [1.29, 1.82) is 0 Å². The van der Waals surface area contributed by atoms with Crippen LogP contribution in [-0.4, -0.2) is 19.5 Å². The predicted molar refractivity (Wildman–Crippen MR) is 89.8 cm³/mol. The maximum Gasteiger partial charge on any atom is 0.243 e. The van der Waals surface area contributed by atoms with Crippen LogP contribution in [0.1, 0.15) is 0 Å². The fraction of sp³-hybridized carbons (Fsp3) is 0.133. The number of halogens is 3. The Morgan fingerprint density at radius 3 is 2.33 bits per heavy atom. The van der Waals surface area contributed by atoms with Crippen molar-refractivity contribution in [2.75, 3.05) is 23.8 Å². The van der Waals surface area contributed by atoms with Crippen molar-refractivity contribution in [2.45, 2.75) is 0 Å². The number of para-hydroxylation sites is 1. The zero-order chi connectivity index (χ0) is 15.4. The highest BCUT2D eigenvalue weighted by Crippen LogP contribution is 2.32. The van der Waals surface area contributed by atoms with Crippen molar-refractivity contribution in [1.82, 2.24) is 0 Å². The van der Waals surface area contributed by atoms with Crippen LogP contribution in [0.25, 0.3) is 0 Å².